The molecule has 2 N–H and O–H groups in total. The van der Waals surface area contributed by atoms with E-state index in [-0.39, 0.29) is 5.82 Å². The fraction of sp³-hybridized carbons (Fsp3) is 0.500. The minimum atomic E-state index is -1.14. The van der Waals surface area contributed by atoms with Crippen LogP contribution in [0.15, 0.2) is 18.2 Å². The average Bonchev–Trinajstić information content (AvgIpc) is 2.08. The average molecular weight is 212 g/mol. The third-order valence-corrected chi connectivity index (χ3v) is 2.53. The molecule has 0 heterocycles. The Morgan fingerprint density at radius 2 is 2.00 bits per heavy atom. The van der Waals surface area contributed by atoms with E-state index in [1.54, 1.807) is 26.8 Å². The van der Waals surface area contributed by atoms with E-state index >= 15 is 0 Å². The van der Waals surface area contributed by atoms with Crippen LogP contribution in [0.3, 0.4) is 0 Å². The van der Waals surface area contributed by atoms with Gasteiger partial charge in [-0.15, -0.1) is 0 Å². The molecule has 1 aromatic carbocycles. The summed E-state index contributed by atoms with van der Waals surface area (Å²) in [5.41, 5.74) is 0.505. The summed E-state index contributed by atoms with van der Waals surface area (Å²) >= 11 is 0. The van der Waals surface area contributed by atoms with Crippen LogP contribution in [0, 0.1) is 12.7 Å². The maximum Gasteiger partial charge on any atom is 0.123 e. The van der Waals surface area contributed by atoms with Gasteiger partial charge in [-0.05, 0) is 44.0 Å². The molecule has 0 fully saturated rings. The molecule has 1 rings (SSSR count). The van der Waals surface area contributed by atoms with Gasteiger partial charge in [0.25, 0.3) is 0 Å². The highest BCUT2D eigenvalue weighted by Crippen LogP contribution is 2.17. The minimum Gasteiger partial charge on any atom is -0.390 e. The fourth-order valence-electron chi connectivity index (χ4n) is 1.35. The molecule has 0 aliphatic rings. The SMILES string of the molecule is Cc1cc(F)ccc1CC(O)C(C)(C)O. The van der Waals surface area contributed by atoms with E-state index < -0.39 is 11.7 Å². The van der Waals surface area contributed by atoms with Crippen molar-refractivity contribution in [3.05, 3.63) is 35.1 Å². The number of halogens is 1. The molecule has 1 unspecified atom stereocenters. The van der Waals surface area contributed by atoms with Gasteiger partial charge in [0.05, 0.1) is 11.7 Å². The third kappa shape index (κ3) is 3.29. The first kappa shape index (κ1) is 12.1. The molecule has 0 amide bonds. The van der Waals surface area contributed by atoms with Crippen LogP contribution in [-0.4, -0.2) is 21.9 Å². The number of rotatable bonds is 3. The summed E-state index contributed by atoms with van der Waals surface area (Å²) in [5.74, 6) is -0.283. The summed E-state index contributed by atoms with van der Waals surface area (Å²) in [4.78, 5) is 0. The Hall–Kier alpha value is -0.930. The van der Waals surface area contributed by atoms with Crippen LogP contribution in [0.25, 0.3) is 0 Å². The Bertz CT molecular complexity index is 342. The summed E-state index contributed by atoms with van der Waals surface area (Å²) in [5, 5.41) is 19.3. The molecule has 0 radical (unpaired) electrons. The zero-order chi connectivity index (χ0) is 11.6. The van der Waals surface area contributed by atoms with Crippen LogP contribution in [0.4, 0.5) is 4.39 Å². The Morgan fingerprint density at radius 1 is 1.40 bits per heavy atom. The van der Waals surface area contributed by atoms with E-state index in [0.717, 1.165) is 11.1 Å². The summed E-state index contributed by atoms with van der Waals surface area (Å²) in [6, 6.07) is 4.42. The van der Waals surface area contributed by atoms with Crippen LogP contribution in [-0.2, 0) is 6.42 Å². The second kappa shape index (κ2) is 4.29. The number of hydrogen-bond acceptors (Lipinski definition) is 2. The molecule has 3 heteroatoms. The predicted molar refractivity (Wildman–Crippen MR) is 57.1 cm³/mol. The molecule has 15 heavy (non-hydrogen) atoms. The maximum absolute atomic E-state index is 12.8. The molecule has 0 aliphatic heterocycles. The monoisotopic (exact) mass is 212 g/mol. The first-order valence-corrected chi connectivity index (χ1v) is 4.96. The molecular weight excluding hydrogens is 195 g/mol. The normalized spacial score (nSPS) is 14.0. The lowest BCUT2D eigenvalue weighted by Crippen LogP contribution is -2.37. The molecule has 1 aromatic rings. The van der Waals surface area contributed by atoms with E-state index in [1.807, 2.05) is 0 Å². The second-order valence-electron chi connectivity index (χ2n) is 4.44. The summed E-state index contributed by atoms with van der Waals surface area (Å²) in [7, 11) is 0. The smallest absolute Gasteiger partial charge is 0.123 e. The van der Waals surface area contributed by atoms with Crippen molar-refractivity contribution in [1.82, 2.24) is 0 Å². The Kier molecular flexibility index (Phi) is 3.47. The zero-order valence-corrected chi connectivity index (χ0v) is 9.29. The van der Waals surface area contributed by atoms with E-state index in [1.165, 1.54) is 12.1 Å². The van der Waals surface area contributed by atoms with E-state index in [0.29, 0.717) is 6.42 Å². The van der Waals surface area contributed by atoms with Gasteiger partial charge in [0.15, 0.2) is 0 Å². The highest BCUT2D eigenvalue weighted by atomic mass is 19.1. The van der Waals surface area contributed by atoms with Crippen molar-refractivity contribution >= 4 is 0 Å². The van der Waals surface area contributed by atoms with Crippen molar-refractivity contribution in [2.45, 2.75) is 38.9 Å². The molecule has 0 saturated carbocycles. The summed E-state index contributed by atoms with van der Waals surface area (Å²) in [6.45, 7) is 4.89. The van der Waals surface area contributed by atoms with Crippen LogP contribution < -0.4 is 0 Å². The quantitative estimate of drug-likeness (QED) is 0.802. The molecule has 0 aliphatic carbocycles. The van der Waals surface area contributed by atoms with Gasteiger partial charge in [-0.25, -0.2) is 4.39 Å². The summed E-state index contributed by atoms with van der Waals surface area (Å²) < 4.78 is 12.8. The molecule has 0 spiro atoms. The first-order valence-electron chi connectivity index (χ1n) is 4.96. The van der Waals surface area contributed by atoms with Crippen molar-refractivity contribution in [1.29, 1.82) is 0 Å². The molecule has 0 bridgehead atoms. The minimum absolute atomic E-state index is 0.283. The fourth-order valence-corrected chi connectivity index (χ4v) is 1.35. The van der Waals surface area contributed by atoms with E-state index in [2.05, 4.69) is 0 Å². The Morgan fingerprint density at radius 3 is 2.47 bits per heavy atom. The first-order chi connectivity index (χ1) is 6.80. The second-order valence-corrected chi connectivity index (χ2v) is 4.44. The lowest BCUT2D eigenvalue weighted by molar-refractivity contribution is -0.0470. The number of hydrogen-bond donors (Lipinski definition) is 2. The van der Waals surface area contributed by atoms with Crippen LogP contribution in [0.1, 0.15) is 25.0 Å². The van der Waals surface area contributed by atoms with Crippen molar-refractivity contribution in [2.24, 2.45) is 0 Å². The Balaban J connectivity index is 2.82. The summed E-state index contributed by atoms with van der Waals surface area (Å²) in [6.07, 6.45) is -0.517. The topological polar surface area (TPSA) is 40.5 Å². The number of aliphatic hydroxyl groups excluding tert-OH is 1. The van der Waals surface area contributed by atoms with E-state index in [9.17, 15) is 14.6 Å². The van der Waals surface area contributed by atoms with Gasteiger partial charge in [0.2, 0.25) is 0 Å². The van der Waals surface area contributed by atoms with Crippen molar-refractivity contribution in [3.8, 4) is 0 Å². The lowest BCUT2D eigenvalue weighted by Gasteiger charge is -2.25. The third-order valence-electron chi connectivity index (χ3n) is 2.53. The van der Waals surface area contributed by atoms with Crippen LogP contribution in [0.5, 0.6) is 0 Å². The lowest BCUT2D eigenvalue weighted by atomic mass is 9.93. The van der Waals surface area contributed by atoms with Crippen molar-refractivity contribution in [3.63, 3.8) is 0 Å². The standard InChI is InChI=1S/C12H17FO2/c1-8-6-10(13)5-4-9(8)7-11(14)12(2,3)15/h4-6,11,14-15H,7H2,1-3H3. The molecule has 0 saturated heterocycles. The highest BCUT2D eigenvalue weighted by molar-refractivity contribution is 5.27. The maximum atomic E-state index is 12.8. The zero-order valence-electron chi connectivity index (χ0n) is 9.29. The highest BCUT2D eigenvalue weighted by Gasteiger charge is 2.24. The molecular formula is C12H17FO2. The number of aryl methyl sites for hydroxylation is 1. The molecule has 2 nitrogen and oxygen atoms in total. The van der Waals surface area contributed by atoms with Crippen molar-refractivity contribution < 1.29 is 14.6 Å². The van der Waals surface area contributed by atoms with E-state index in [4.69, 9.17) is 0 Å². The largest absolute Gasteiger partial charge is 0.390 e. The van der Waals surface area contributed by atoms with Gasteiger partial charge in [0.1, 0.15) is 5.82 Å². The molecule has 1 atom stereocenters. The number of benzene rings is 1. The predicted octanol–water partition coefficient (Wildman–Crippen LogP) is 1.81. The van der Waals surface area contributed by atoms with Crippen LogP contribution in [0.2, 0.25) is 0 Å². The molecule has 84 valence electrons. The van der Waals surface area contributed by atoms with Crippen molar-refractivity contribution in [2.75, 3.05) is 0 Å². The van der Waals surface area contributed by atoms with Gasteiger partial charge in [-0.3, -0.25) is 0 Å². The molecule has 0 aromatic heterocycles. The van der Waals surface area contributed by atoms with Gasteiger partial charge < -0.3 is 10.2 Å². The number of aliphatic hydroxyl groups is 2. The van der Waals surface area contributed by atoms with Gasteiger partial charge in [-0.1, -0.05) is 6.07 Å². The van der Waals surface area contributed by atoms with Gasteiger partial charge >= 0.3 is 0 Å². The Labute approximate surface area is 89.4 Å². The van der Waals surface area contributed by atoms with Crippen LogP contribution >= 0.6 is 0 Å². The van der Waals surface area contributed by atoms with Gasteiger partial charge in [0, 0.05) is 6.42 Å². The van der Waals surface area contributed by atoms with Gasteiger partial charge in [-0.2, -0.15) is 0 Å².